The molecule has 0 spiro atoms. The Balaban J connectivity index is 2.30. The molecule has 0 aromatic heterocycles. The Hall–Kier alpha value is -2.03. The number of carbonyl (C=O) groups excluding carboxylic acids is 1. The summed E-state index contributed by atoms with van der Waals surface area (Å²) in [4.78, 5) is 12.4. The number of hydrogen-bond donors (Lipinski definition) is 2. The summed E-state index contributed by atoms with van der Waals surface area (Å²) >= 11 is 9.27. The summed E-state index contributed by atoms with van der Waals surface area (Å²) in [5.41, 5.74) is 2.22. The molecule has 106 valence electrons. The summed E-state index contributed by atoms with van der Waals surface area (Å²) in [7, 11) is 1.73. The van der Waals surface area contributed by atoms with Gasteiger partial charge in [-0.1, -0.05) is 11.6 Å². The molecule has 0 heterocycles. The van der Waals surface area contributed by atoms with Crippen LogP contribution in [0.5, 0.6) is 0 Å². The lowest BCUT2D eigenvalue weighted by Gasteiger charge is -2.11. The smallest absolute Gasteiger partial charge is 0.257 e. The summed E-state index contributed by atoms with van der Waals surface area (Å²) in [6.45, 7) is 0. The molecule has 1 amide bonds. The topological polar surface area (TPSA) is 64.9 Å². The highest BCUT2D eigenvalue weighted by Gasteiger charge is 2.13. The molecule has 2 aromatic carbocycles. The van der Waals surface area contributed by atoms with Gasteiger partial charge in [0, 0.05) is 22.2 Å². The Morgan fingerprint density at radius 2 is 1.95 bits per heavy atom. The van der Waals surface area contributed by atoms with Gasteiger partial charge in [-0.2, -0.15) is 5.26 Å². The average Bonchev–Trinajstić information content (AvgIpc) is 2.49. The Morgan fingerprint density at radius 3 is 2.57 bits per heavy atom. The van der Waals surface area contributed by atoms with Crippen molar-refractivity contribution < 1.29 is 4.79 Å². The molecule has 0 bridgehead atoms. The van der Waals surface area contributed by atoms with Gasteiger partial charge in [0.15, 0.2) is 0 Å². The van der Waals surface area contributed by atoms with Crippen LogP contribution in [0.4, 0.5) is 11.4 Å². The molecule has 0 aliphatic rings. The highest BCUT2D eigenvalue weighted by Crippen LogP contribution is 2.26. The van der Waals surface area contributed by atoms with Crippen LogP contribution >= 0.6 is 27.5 Å². The number of carbonyl (C=O) groups is 1. The number of amides is 1. The second-order valence-corrected chi connectivity index (χ2v) is 5.49. The Morgan fingerprint density at radius 1 is 1.24 bits per heavy atom. The molecule has 0 unspecified atom stereocenters. The molecule has 2 rings (SSSR count). The maximum atomic E-state index is 12.4. The largest absolute Gasteiger partial charge is 0.387 e. The summed E-state index contributed by atoms with van der Waals surface area (Å²) in [5.74, 6) is -0.285. The van der Waals surface area contributed by atoms with Crippen molar-refractivity contribution in [3.8, 4) is 6.07 Å². The zero-order chi connectivity index (χ0) is 15.4. The van der Waals surface area contributed by atoms with Crippen molar-refractivity contribution in [3.63, 3.8) is 0 Å². The number of anilines is 2. The van der Waals surface area contributed by atoms with Crippen LogP contribution in [0, 0.1) is 11.3 Å². The third kappa shape index (κ3) is 3.54. The second-order valence-electron chi connectivity index (χ2n) is 4.20. The number of rotatable bonds is 3. The Bertz CT molecular complexity index is 740. The highest BCUT2D eigenvalue weighted by atomic mass is 79.9. The van der Waals surface area contributed by atoms with Crippen molar-refractivity contribution in [2.45, 2.75) is 0 Å². The molecule has 6 heteroatoms. The predicted octanol–water partition coefficient (Wildman–Crippen LogP) is 4.27. The Kier molecular flexibility index (Phi) is 4.84. The molecule has 0 aliphatic heterocycles. The van der Waals surface area contributed by atoms with Crippen LogP contribution in [-0.4, -0.2) is 13.0 Å². The van der Waals surface area contributed by atoms with Crippen LogP contribution in [0.1, 0.15) is 15.9 Å². The van der Waals surface area contributed by atoms with E-state index in [9.17, 15) is 4.79 Å². The minimum absolute atomic E-state index is 0.285. The maximum Gasteiger partial charge on any atom is 0.257 e. The molecule has 2 N–H and O–H groups in total. The molecule has 0 saturated heterocycles. The van der Waals surface area contributed by atoms with Gasteiger partial charge >= 0.3 is 0 Å². The first-order chi connectivity index (χ1) is 10.0. The van der Waals surface area contributed by atoms with E-state index in [0.717, 1.165) is 0 Å². The summed E-state index contributed by atoms with van der Waals surface area (Å²) in [5, 5.41) is 15.0. The number of nitriles is 1. The monoisotopic (exact) mass is 363 g/mol. The van der Waals surface area contributed by atoms with Crippen molar-refractivity contribution in [2.75, 3.05) is 17.7 Å². The number of nitrogens with zero attached hydrogens (tertiary/aromatic N) is 1. The molecular formula is C15H11BrClN3O. The van der Waals surface area contributed by atoms with E-state index in [1.54, 1.807) is 43.4 Å². The molecule has 0 atom stereocenters. The van der Waals surface area contributed by atoms with E-state index in [-0.39, 0.29) is 5.91 Å². The van der Waals surface area contributed by atoms with Crippen molar-refractivity contribution in [1.82, 2.24) is 0 Å². The van der Waals surface area contributed by atoms with E-state index >= 15 is 0 Å². The van der Waals surface area contributed by atoms with Crippen LogP contribution in [0.3, 0.4) is 0 Å². The minimum Gasteiger partial charge on any atom is -0.387 e. The zero-order valence-electron chi connectivity index (χ0n) is 11.1. The lowest BCUT2D eigenvalue weighted by atomic mass is 10.1. The lowest BCUT2D eigenvalue weighted by Crippen LogP contribution is -2.14. The van der Waals surface area contributed by atoms with Crippen molar-refractivity contribution >= 4 is 44.8 Å². The number of nitrogens with one attached hydrogen (secondary N) is 2. The van der Waals surface area contributed by atoms with E-state index in [1.165, 1.54) is 0 Å². The van der Waals surface area contributed by atoms with Gasteiger partial charge in [-0.05, 0) is 52.3 Å². The van der Waals surface area contributed by atoms with Crippen LogP contribution in [0.2, 0.25) is 5.02 Å². The molecule has 4 nitrogen and oxygen atoms in total. The van der Waals surface area contributed by atoms with Gasteiger partial charge < -0.3 is 10.6 Å². The molecule has 21 heavy (non-hydrogen) atoms. The van der Waals surface area contributed by atoms with Crippen LogP contribution in [0.15, 0.2) is 40.9 Å². The first kappa shape index (κ1) is 15.4. The van der Waals surface area contributed by atoms with Gasteiger partial charge in [-0.25, -0.2) is 0 Å². The molecule has 0 radical (unpaired) electrons. The van der Waals surface area contributed by atoms with E-state index in [0.29, 0.717) is 32.0 Å². The van der Waals surface area contributed by atoms with Gasteiger partial charge in [0.2, 0.25) is 0 Å². The first-order valence-corrected chi connectivity index (χ1v) is 7.20. The van der Waals surface area contributed by atoms with E-state index in [2.05, 4.69) is 26.6 Å². The SMILES string of the molecule is CNc1ccc(Cl)cc1C(=O)Nc1ccc(C#N)cc1Br. The van der Waals surface area contributed by atoms with Gasteiger partial charge in [-0.15, -0.1) is 0 Å². The van der Waals surface area contributed by atoms with Crippen LogP contribution in [0.25, 0.3) is 0 Å². The fraction of sp³-hybridized carbons (Fsp3) is 0.0667. The van der Waals surface area contributed by atoms with Gasteiger partial charge in [0.25, 0.3) is 5.91 Å². The zero-order valence-corrected chi connectivity index (χ0v) is 13.4. The molecule has 2 aromatic rings. The summed E-state index contributed by atoms with van der Waals surface area (Å²) in [6.07, 6.45) is 0. The van der Waals surface area contributed by atoms with Crippen molar-refractivity contribution in [1.29, 1.82) is 5.26 Å². The summed E-state index contributed by atoms with van der Waals surface area (Å²) in [6, 6.07) is 12.0. The quantitative estimate of drug-likeness (QED) is 0.855. The molecule has 0 aliphatic carbocycles. The predicted molar refractivity (Wildman–Crippen MR) is 87.8 cm³/mol. The van der Waals surface area contributed by atoms with Crippen LogP contribution in [-0.2, 0) is 0 Å². The minimum atomic E-state index is -0.285. The number of benzene rings is 2. The average molecular weight is 365 g/mol. The maximum absolute atomic E-state index is 12.4. The highest BCUT2D eigenvalue weighted by molar-refractivity contribution is 9.10. The standard InChI is InChI=1S/C15H11BrClN3O/c1-19-13-5-3-10(17)7-11(13)15(21)20-14-4-2-9(8-18)6-12(14)16/h2-7,19H,1H3,(H,20,21). The normalized spacial score (nSPS) is 9.81. The fourth-order valence-electron chi connectivity index (χ4n) is 1.80. The third-order valence-corrected chi connectivity index (χ3v) is 3.73. The Labute approximate surface area is 135 Å². The van der Waals surface area contributed by atoms with E-state index < -0.39 is 0 Å². The van der Waals surface area contributed by atoms with Crippen LogP contribution < -0.4 is 10.6 Å². The molecular weight excluding hydrogens is 354 g/mol. The molecule has 0 fully saturated rings. The van der Waals surface area contributed by atoms with Crippen molar-refractivity contribution in [3.05, 3.63) is 57.0 Å². The molecule has 0 saturated carbocycles. The first-order valence-electron chi connectivity index (χ1n) is 6.03. The third-order valence-electron chi connectivity index (χ3n) is 2.84. The van der Waals surface area contributed by atoms with E-state index in [4.69, 9.17) is 16.9 Å². The lowest BCUT2D eigenvalue weighted by molar-refractivity contribution is 0.102. The fourth-order valence-corrected chi connectivity index (χ4v) is 2.45. The number of hydrogen-bond acceptors (Lipinski definition) is 3. The number of halogens is 2. The second kappa shape index (κ2) is 6.61. The van der Waals surface area contributed by atoms with Gasteiger partial charge in [0.1, 0.15) is 0 Å². The summed E-state index contributed by atoms with van der Waals surface area (Å²) < 4.78 is 0.642. The van der Waals surface area contributed by atoms with E-state index in [1.807, 2.05) is 6.07 Å². The van der Waals surface area contributed by atoms with Crippen molar-refractivity contribution in [2.24, 2.45) is 0 Å². The van der Waals surface area contributed by atoms with Gasteiger partial charge in [0.05, 0.1) is 22.9 Å². The van der Waals surface area contributed by atoms with Gasteiger partial charge in [-0.3, -0.25) is 4.79 Å².